The predicted octanol–water partition coefficient (Wildman–Crippen LogP) is 3.00. The van der Waals surface area contributed by atoms with Gasteiger partial charge < -0.3 is 10.6 Å². The summed E-state index contributed by atoms with van der Waals surface area (Å²) < 4.78 is 1.47. The van der Waals surface area contributed by atoms with Crippen LogP contribution in [0, 0.1) is 13.8 Å². The van der Waals surface area contributed by atoms with E-state index in [9.17, 15) is 14.4 Å². The summed E-state index contributed by atoms with van der Waals surface area (Å²) in [5, 5.41) is 6.35. The van der Waals surface area contributed by atoms with Gasteiger partial charge in [0, 0.05) is 35.1 Å². The minimum Gasteiger partial charge on any atom is -0.349 e. The molecule has 2 heterocycles. The first kappa shape index (κ1) is 19.3. The second kappa shape index (κ2) is 7.79. The summed E-state index contributed by atoms with van der Waals surface area (Å²) >= 11 is 1.50. The molecule has 0 atom stereocenters. The Morgan fingerprint density at radius 1 is 1.28 bits per heavy atom. The zero-order chi connectivity index (χ0) is 20.5. The number of fused-ring (bicyclic) bond motifs is 1. The Labute approximate surface area is 171 Å². The molecule has 1 saturated carbocycles. The van der Waals surface area contributed by atoms with Crippen LogP contribution in [0.2, 0.25) is 0 Å². The number of benzene rings is 1. The molecule has 1 aliphatic rings. The Kier molecular flexibility index (Phi) is 5.19. The van der Waals surface area contributed by atoms with E-state index in [0.717, 1.165) is 28.1 Å². The van der Waals surface area contributed by atoms with Crippen molar-refractivity contribution in [2.24, 2.45) is 0 Å². The molecule has 2 N–H and O–H groups in total. The van der Waals surface area contributed by atoms with Gasteiger partial charge in [0.15, 0.2) is 0 Å². The van der Waals surface area contributed by atoms with Gasteiger partial charge in [-0.1, -0.05) is 6.07 Å². The van der Waals surface area contributed by atoms with E-state index >= 15 is 0 Å². The number of aryl methyl sites for hydroxylation is 3. The summed E-state index contributed by atoms with van der Waals surface area (Å²) in [5.41, 5.74) is 1.90. The van der Waals surface area contributed by atoms with Crippen LogP contribution < -0.4 is 16.2 Å². The first-order valence-corrected chi connectivity index (χ1v) is 10.4. The van der Waals surface area contributed by atoms with Crippen molar-refractivity contribution in [3.63, 3.8) is 0 Å². The Hall–Kier alpha value is -3.00. The van der Waals surface area contributed by atoms with Gasteiger partial charge in [0.2, 0.25) is 5.91 Å². The van der Waals surface area contributed by atoms with Gasteiger partial charge in [-0.3, -0.25) is 19.0 Å². The highest BCUT2D eigenvalue weighted by Crippen LogP contribution is 2.25. The summed E-state index contributed by atoms with van der Waals surface area (Å²) in [6.45, 7) is 4.13. The van der Waals surface area contributed by atoms with Crippen LogP contribution in [0.1, 0.15) is 40.1 Å². The number of rotatable bonds is 6. The summed E-state index contributed by atoms with van der Waals surface area (Å²) in [6, 6.07) is 7.14. The number of hydrogen-bond acceptors (Lipinski definition) is 5. The van der Waals surface area contributed by atoms with Crippen LogP contribution in [-0.4, -0.2) is 27.4 Å². The molecule has 29 heavy (non-hydrogen) atoms. The maximum atomic E-state index is 12.7. The highest BCUT2D eigenvalue weighted by atomic mass is 32.1. The number of nitrogens with one attached hydrogen (secondary N) is 2. The summed E-state index contributed by atoms with van der Waals surface area (Å²) in [4.78, 5) is 43.4. The maximum Gasteiger partial charge on any atom is 0.262 e. The molecule has 3 aromatic rings. The van der Waals surface area contributed by atoms with Crippen LogP contribution in [0.3, 0.4) is 0 Å². The van der Waals surface area contributed by atoms with Gasteiger partial charge in [0.25, 0.3) is 11.5 Å². The van der Waals surface area contributed by atoms with Crippen LogP contribution in [-0.2, 0) is 11.3 Å². The van der Waals surface area contributed by atoms with Gasteiger partial charge in [-0.25, -0.2) is 4.98 Å². The molecule has 1 aromatic carbocycles. The lowest BCUT2D eigenvalue weighted by molar-refractivity contribution is -0.116. The van der Waals surface area contributed by atoms with Crippen molar-refractivity contribution < 1.29 is 9.59 Å². The topological polar surface area (TPSA) is 93.1 Å². The maximum absolute atomic E-state index is 12.7. The molecule has 1 fully saturated rings. The van der Waals surface area contributed by atoms with Crippen molar-refractivity contribution in [2.45, 2.75) is 45.7 Å². The van der Waals surface area contributed by atoms with Gasteiger partial charge in [-0.05, 0) is 50.5 Å². The van der Waals surface area contributed by atoms with Gasteiger partial charge in [0.05, 0.1) is 11.7 Å². The third-order valence-corrected chi connectivity index (χ3v) is 6.17. The second-order valence-electron chi connectivity index (χ2n) is 7.33. The number of anilines is 1. The summed E-state index contributed by atoms with van der Waals surface area (Å²) in [7, 11) is 0. The molecule has 2 aromatic heterocycles. The zero-order valence-corrected chi connectivity index (χ0v) is 17.1. The van der Waals surface area contributed by atoms with E-state index in [1.165, 1.54) is 22.2 Å². The zero-order valence-electron chi connectivity index (χ0n) is 16.3. The molecule has 2 amide bonds. The van der Waals surface area contributed by atoms with Crippen LogP contribution in [0.4, 0.5) is 5.69 Å². The molecule has 7 nitrogen and oxygen atoms in total. The van der Waals surface area contributed by atoms with Crippen molar-refractivity contribution in [3.05, 3.63) is 57.0 Å². The number of thiophene rings is 1. The van der Waals surface area contributed by atoms with E-state index in [4.69, 9.17) is 0 Å². The molecule has 0 spiro atoms. The van der Waals surface area contributed by atoms with Crippen LogP contribution in [0.15, 0.2) is 35.4 Å². The fourth-order valence-electron chi connectivity index (χ4n) is 3.11. The van der Waals surface area contributed by atoms with Gasteiger partial charge in [-0.2, -0.15) is 0 Å². The number of amides is 2. The van der Waals surface area contributed by atoms with E-state index in [0.29, 0.717) is 16.6 Å². The van der Waals surface area contributed by atoms with E-state index in [2.05, 4.69) is 15.6 Å². The van der Waals surface area contributed by atoms with E-state index in [-0.39, 0.29) is 36.4 Å². The third kappa shape index (κ3) is 4.22. The second-order valence-corrected chi connectivity index (χ2v) is 8.54. The Balaban J connectivity index is 1.41. The molecule has 0 saturated heterocycles. The van der Waals surface area contributed by atoms with Crippen molar-refractivity contribution in [1.29, 1.82) is 0 Å². The Morgan fingerprint density at radius 2 is 2.07 bits per heavy atom. The number of hydrogen-bond donors (Lipinski definition) is 2. The molecular weight excluding hydrogens is 388 g/mol. The monoisotopic (exact) mass is 410 g/mol. The molecule has 0 radical (unpaired) electrons. The van der Waals surface area contributed by atoms with E-state index < -0.39 is 0 Å². The lowest BCUT2D eigenvalue weighted by Gasteiger charge is -2.09. The fourth-order valence-corrected chi connectivity index (χ4v) is 4.10. The van der Waals surface area contributed by atoms with Gasteiger partial charge in [-0.15, -0.1) is 11.3 Å². The highest BCUT2D eigenvalue weighted by Gasteiger charge is 2.23. The third-order valence-electron chi connectivity index (χ3n) is 5.06. The van der Waals surface area contributed by atoms with Crippen molar-refractivity contribution in [2.75, 3.05) is 5.32 Å². The van der Waals surface area contributed by atoms with Crippen molar-refractivity contribution in [3.8, 4) is 0 Å². The molecule has 150 valence electrons. The molecule has 1 aliphatic carbocycles. The number of aromatic nitrogens is 2. The SMILES string of the molecule is Cc1sc2ncn(CCC(=O)Nc3cccc(C(=O)NC4CC4)c3)c(=O)c2c1C. The molecule has 0 bridgehead atoms. The normalized spacial score (nSPS) is 13.4. The van der Waals surface area contributed by atoms with E-state index in [1.807, 2.05) is 13.8 Å². The largest absolute Gasteiger partial charge is 0.349 e. The molecule has 0 unspecified atom stereocenters. The highest BCUT2D eigenvalue weighted by molar-refractivity contribution is 7.18. The Bertz CT molecular complexity index is 1160. The molecule has 8 heteroatoms. The number of carbonyl (C=O) groups excluding carboxylic acids is 2. The molecule has 0 aliphatic heterocycles. The van der Waals surface area contributed by atoms with E-state index in [1.54, 1.807) is 24.3 Å². The van der Waals surface area contributed by atoms with Gasteiger partial charge >= 0.3 is 0 Å². The number of carbonyl (C=O) groups is 2. The first-order valence-electron chi connectivity index (χ1n) is 9.58. The lowest BCUT2D eigenvalue weighted by Crippen LogP contribution is -2.25. The van der Waals surface area contributed by atoms with Crippen molar-refractivity contribution in [1.82, 2.24) is 14.9 Å². The summed E-state index contributed by atoms with van der Waals surface area (Å²) in [6.07, 6.45) is 3.67. The van der Waals surface area contributed by atoms with Crippen LogP contribution in [0.25, 0.3) is 10.2 Å². The minimum absolute atomic E-state index is 0.122. The number of nitrogens with zero attached hydrogens (tertiary/aromatic N) is 2. The van der Waals surface area contributed by atoms with Crippen LogP contribution >= 0.6 is 11.3 Å². The first-order chi connectivity index (χ1) is 13.9. The summed E-state index contributed by atoms with van der Waals surface area (Å²) in [5.74, 6) is -0.356. The smallest absolute Gasteiger partial charge is 0.262 e. The Morgan fingerprint density at radius 3 is 2.83 bits per heavy atom. The van der Waals surface area contributed by atoms with Gasteiger partial charge in [0.1, 0.15) is 4.83 Å². The molecular formula is C21H22N4O3S. The average Bonchev–Trinajstić information content (AvgIpc) is 3.46. The lowest BCUT2D eigenvalue weighted by atomic mass is 10.2. The predicted molar refractivity (Wildman–Crippen MR) is 114 cm³/mol. The molecule has 4 rings (SSSR count). The minimum atomic E-state index is -0.227. The quantitative estimate of drug-likeness (QED) is 0.653. The standard InChI is InChI=1S/C21H22N4O3S/c1-12-13(2)29-20-18(12)21(28)25(11-22-20)9-8-17(26)23-16-5-3-4-14(10-16)19(27)24-15-6-7-15/h3-5,10-11,15H,6-9H2,1-2H3,(H,23,26)(H,24,27). The van der Waals surface area contributed by atoms with Crippen LogP contribution in [0.5, 0.6) is 0 Å². The fraction of sp³-hybridized carbons (Fsp3) is 0.333. The van der Waals surface area contributed by atoms with Crippen molar-refractivity contribution >= 4 is 39.1 Å². The average molecular weight is 410 g/mol.